The molecule has 1 N–H and O–H groups in total. The first-order valence-electron chi connectivity index (χ1n) is 11.5. The van der Waals surface area contributed by atoms with Gasteiger partial charge in [0.05, 0.1) is 34.6 Å². The molecule has 3 aromatic rings. The van der Waals surface area contributed by atoms with E-state index in [4.69, 9.17) is 4.98 Å². The molecule has 2 aliphatic carbocycles. The van der Waals surface area contributed by atoms with Crippen LogP contribution in [0.1, 0.15) is 49.6 Å². The Morgan fingerprint density at radius 3 is 2.71 bits per heavy atom. The van der Waals surface area contributed by atoms with Gasteiger partial charge in [-0.1, -0.05) is 19.9 Å². The zero-order valence-electron chi connectivity index (χ0n) is 19.0. The summed E-state index contributed by atoms with van der Waals surface area (Å²) in [6, 6.07) is 7.52. The number of carbonyl (C=O) groups is 1. The first-order chi connectivity index (χ1) is 16.3. The van der Waals surface area contributed by atoms with Gasteiger partial charge >= 0.3 is 0 Å². The first kappa shape index (κ1) is 21.1. The summed E-state index contributed by atoms with van der Waals surface area (Å²) >= 11 is 0. The molecular formula is C25H24F2N6O. The predicted molar refractivity (Wildman–Crippen MR) is 121 cm³/mol. The van der Waals surface area contributed by atoms with Gasteiger partial charge in [0.15, 0.2) is 0 Å². The van der Waals surface area contributed by atoms with Gasteiger partial charge in [-0.05, 0) is 54.0 Å². The molecule has 1 aliphatic heterocycles. The van der Waals surface area contributed by atoms with Crippen molar-refractivity contribution in [2.24, 2.45) is 5.41 Å². The van der Waals surface area contributed by atoms with Gasteiger partial charge in [-0.2, -0.15) is 5.10 Å². The van der Waals surface area contributed by atoms with Crippen LogP contribution in [0, 0.1) is 17.0 Å². The van der Waals surface area contributed by atoms with Crippen molar-refractivity contribution in [3.8, 4) is 11.3 Å². The maximum atomic E-state index is 14.5. The van der Waals surface area contributed by atoms with Crippen molar-refractivity contribution in [3.63, 3.8) is 0 Å². The minimum absolute atomic E-state index is 0.0512. The highest BCUT2D eigenvalue weighted by Gasteiger charge is 2.65. The SMILES string of the molecule is CC1(C)[C@H]2CC[C@@]1(c1ccnc(N3CCNC(=O)C3)n1)c1nnc(-c3c(F)cccc3F)cc12. The van der Waals surface area contributed by atoms with Crippen molar-refractivity contribution in [2.75, 3.05) is 24.5 Å². The molecule has 1 saturated heterocycles. The van der Waals surface area contributed by atoms with E-state index >= 15 is 0 Å². The van der Waals surface area contributed by atoms with Crippen LogP contribution < -0.4 is 10.2 Å². The molecule has 34 heavy (non-hydrogen) atoms. The Bertz CT molecular complexity index is 1310. The molecule has 0 spiro atoms. The van der Waals surface area contributed by atoms with Crippen LogP contribution in [0.25, 0.3) is 11.3 Å². The zero-order chi connectivity index (χ0) is 23.7. The van der Waals surface area contributed by atoms with Crippen LogP contribution in [0.15, 0.2) is 36.5 Å². The molecule has 0 radical (unpaired) electrons. The third kappa shape index (κ3) is 2.75. The van der Waals surface area contributed by atoms with E-state index < -0.39 is 17.0 Å². The summed E-state index contributed by atoms with van der Waals surface area (Å²) in [7, 11) is 0. The van der Waals surface area contributed by atoms with Crippen LogP contribution in [0.3, 0.4) is 0 Å². The van der Waals surface area contributed by atoms with Crippen LogP contribution >= 0.6 is 0 Å². The van der Waals surface area contributed by atoms with E-state index in [0.717, 1.165) is 29.8 Å². The van der Waals surface area contributed by atoms with Crippen LogP contribution in [-0.2, 0) is 10.2 Å². The Morgan fingerprint density at radius 1 is 1.15 bits per heavy atom. The van der Waals surface area contributed by atoms with Crippen LogP contribution in [0.2, 0.25) is 0 Å². The second kappa shape index (κ2) is 7.25. The van der Waals surface area contributed by atoms with Gasteiger partial charge in [0, 0.05) is 19.3 Å². The molecule has 2 bridgehead atoms. The van der Waals surface area contributed by atoms with Crippen molar-refractivity contribution >= 4 is 11.9 Å². The van der Waals surface area contributed by atoms with E-state index in [0.29, 0.717) is 19.0 Å². The van der Waals surface area contributed by atoms with E-state index in [9.17, 15) is 13.6 Å². The number of nitrogens with one attached hydrogen (secondary N) is 1. The van der Waals surface area contributed by atoms with Crippen molar-refractivity contribution in [1.29, 1.82) is 0 Å². The van der Waals surface area contributed by atoms with Crippen LogP contribution in [0.4, 0.5) is 14.7 Å². The zero-order valence-corrected chi connectivity index (χ0v) is 19.0. The number of aromatic nitrogens is 4. The highest BCUT2D eigenvalue weighted by molar-refractivity contribution is 5.81. The molecular weight excluding hydrogens is 438 g/mol. The van der Waals surface area contributed by atoms with Gasteiger partial charge < -0.3 is 10.2 Å². The summed E-state index contributed by atoms with van der Waals surface area (Å²) in [5.41, 5.74) is 1.95. The summed E-state index contributed by atoms with van der Waals surface area (Å²) < 4.78 is 28.9. The Morgan fingerprint density at radius 2 is 1.94 bits per heavy atom. The maximum absolute atomic E-state index is 14.5. The molecule has 1 saturated carbocycles. The summed E-state index contributed by atoms with van der Waals surface area (Å²) in [4.78, 5) is 23.1. The summed E-state index contributed by atoms with van der Waals surface area (Å²) in [6.07, 6.45) is 3.49. The lowest BCUT2D eigenvalue weighted by atomic mass is 9.66. The highest BCUT2D eigenvalue weighted by atomic mass is 19.1. The first-order valence-corrected chi connectivity index (χ1v) is 11.5. The lowest BCUT2D eigenvalue weighted by Crippen LogP contribution is -2.48. The van der Waals surface area contributed by atoms with Gasteiger partial charge in [0.1, 0.15) is 11.6 Å². The second-order valence-electron chi connectivity index (χ2n) is 9.86. The normalized spacial score (nSPS) is 24.8. The quantitative estimate of drug-likeness (QED) is 0.643. The fourth-order valence-corrected chi connectivity index (χ4v) is 6.30. The minimum atomic E-state index is -0.655. The monoisotopic (exact) mass is 462 g/mol. The largest absolute Gasteiger partial charge is 0.353 e. The number of piperazine rings is 1. The van der Waals surface area contributed by atoms with Gasteiger partial charge in [-0.3, -0.25) is 4.79 Å². The molecule has 1 amide bonds. The molecule has 2 atom stereocenters. The van der Waals surface area contributed by atoms with Gasteiger partial charge in [-0.15, -0.1) is 5.10 Å². The number of amides is 1. The second-order valence-corrected chi connectivity index (χ2v) is 9.86. The lowest BCUT2D eigenvalue weighted by Gasteiger charge is -2.38. The number of fused-ring (bicyclic) bond motifs is 5. The summed E-state index contributed by atoms with van der Waals surface area (Å²) in [6.45, 7) is 5.81. The fraction of sp³-hybridized carbons (Fsp3) is 0.400. The van der Waals surface area contributed by atoms with Crippen molar-refractivity contribution in [1.82, 2.24) is 25.5 Å². The number of carbonyl (C=O) groups excluding carboxylic acids is 1. The maximum Gasteiger partial charge on any atom is 0.239 e. The molecule has 174 valence electrons. The molecule has 6 rings (SSSR count). The smallest absolute Gasteiger partial charge is 0.239 e. The Kier molecular flexibility index (Phi) is 4.49. The number of anilines is 1. The van der Waals surface area contributed by atoms with Gasteiger partial charge in [0.25, 0.3) is 0 Å². The van der Waals surface area contributed by atoms with E-state index in [-0.39, 0.29) is 35.0 Å². The summed E-state index contributed by atoms with van der Waals surface area (Å²) in [5, 5.41) is 11.7. The third-order valence-electron chi connectivity index (χ3n) is 8.00. The number of rotatable bonds is 3. The van der Waals surface area contributed by atoms with Gasteiger partial charge in [-0.25, -0.2) is 18.7 Å². The molecule has 2 fully saturated rings. The Balaban J connectivity index is 1.48. The molecule has 3 aliphatic rings. The van der Waals surface area contributed by atoms with E-state index in [1.54, 1.807) is 12.3 Å². The predicted octanol–water partition coefficient (Wildman–Crippen LogP) is 3.35. The van der Waals surface area contributed by atoms with Gasteiger partial charge in [0.2, 0.25) is 11.9 Å². The van der Waals surface area contributed by atoms with E-state index in [1.807, 2.05) is 11.0 Å². The standard InChI is InChI=1S/C25H24F2N6O/c1-24(2)15-6-8-25(24,19-7-9-29-23(30-19)33-11-10-28-20(34)13-33)22-14(15)12-18(31-32-22)21-16(26)4-3-5-17(21)27/h3-5,7,9,12,15H,6,8,10-11,13H2,1-2H3,(H,28,34)/t15-,25+/m0/s1. The molecule has 7 nitrogen and oxygen atoms in total. The van der Waals surface area contributed by atoms with Crippen LogP contribution in [-0.4, -0.2) is 45.7 Å². The average molecular weight is 463 g/mol. The van der Waals surface area contributed by atoms with Crippen LogP contribution in [0.5, 0.6) is 0 Å². The number of hydrogen-bond donors (Lipinski definition) is 1. The molecule has 1 aromatic carbocycles. The number of nitrogens with zero attached hydrogens (tertiary/aromatic N) is 5. The summed E-state index contributed by atoms with van der Waals surface area (Å²) in [5.74, 6) is -0.683. The average Bonchev–Trinajstić information content (AvgIpc) is 3.20. The van der Waals surface area contributed by atoms with Crippen molar-refractivity contribution < 1.29 is 13.6 Å². The molecule has 2 aromatic heterocycles. The molecule has 0 unspecified atom stereocenters. The number of benzene rings is 1. The fourth-order valence-electron chi connectivity index (χ4n) is 6.30. The lowest BCUT2D eigenvalue weighted by molar-refractivity contribution is -0.120. The Hall–Kier alpha value is -3.49. The van der Waals surface area contributed by atoms with Crippen molar-refractivity contribution in [3.05, 3.63) is 65.1 Å². The molecule has 3 heterocycles. The number of hydrogen-bond acceptors (Lipinski definition) is 6. The number of halogens is 2. The molecule has 9 heteroatoms. The van der Waals surface area contributed by atoms with E-state index in [2.05, 4.69) is 34.3 Å². The minimum Gasteiger partial charge on any atom is -0.353 e. The highest BCUT2D eigenvalue weighted by Crippen LogP contribution is 2.69. The van der Waals surface area contributed by atoms with Crippen molar-refractivity contribution in [2.45, 2.75) is 38.0 Å². The third-order valence-corrected chi connectivity index (χ3v) is 8.00. The van der Waals surface area contributed by atoms with E-state index in [1.165, 1.54) is 18.2 Å². The Labute approximate surface area is 195 Å². The topological polar surface area (TPSA) is 83.9 Å².